The van der Waals surface area contributed by atoms with Crippen LogP contribution in [0.1, 0.15) is 70.9 Å². The maximum Gasteiger partial charge on any atom is 0.407 e. The lowest BCUT2D eigenvalue weighted by Gasteiger charge is -2.19. The molecule has 1 saturated carbocycles. The van der Waals surface area contributed by atoms with Crippen LogP contribution < -0.4 is 5.32 Å². The average molecular weight is 436 g/mol. The van der Waals surface area contributed by atoms with Crippen molar-refractivity contribution in [2.75, 3.05) is 6.54 Å². The molecule has 0 aliphatic heterocycles. The molecule has 1 aromatic carbocycles. The minimum absolute atomic E-state index is 0.342. The molecule has 0 atom stereocenters. The van der Waals surface area contributed by atoms with Crippen LogP contribution in [0.4, 0.5) is 4.79 Å². The number of benzene rings is 1. The molecule has 0 spiro atoms. The van der Waals surface area contributed by atoms with E-state index in [0.29, 0.717) is 12.5 Å². The number of para-hydroxylation sites is 2. The van der Waals surface area contributed by atoms with Crippen LogP contribution in [-0.4, -0.2) is 38.0 Å². The molecule has 0 saturated heterocycles. The first-order chi connectivity index (χ1) is 15.4. The number of rotatable bonds is 9. The highest BCUT2D eigenvalue weighted by Crippen LogP contribution is 2.43. The molecular formula is C25H33N5O2. The monoisotopic (exact) mass is 435 g/mol. The van der Waals surface area contributed by atoms with Crippen molar-refractivity contribution in [3.05, 3.63) is 42.4 Å². The van der Waals surface area contributed by atoms with Crippen molar-refractivity contribution in [3.8, 4) is 11.3 Å². The Balaban J connectivity index is 1.27. The van der Waals surface area contributed by atoms with Gasteiger partial charge in [-0.3, -0.25) is 9.67 Å². The number of fused-ring (bicyclic) bond motifs is 1. The molecule has 0 bridgehead atoms. The minimum Gasteiger partial charge on any atom is -0.444 e. The van der Waals surface area contributed by atoms with Crippen LogP contribution in [0, 0.1) is 0 Å². The summed E-state index contributed by atoms with van der Waals surface area (Å²) in [5.41, 5.74) is 4.57. The molecule has 1 amide bonds. The van der Waals surface area contributed by atoms with Crippen molar-refractivity contribution in [2.24, 2.45) is 0 Å². The predicted octanol–water partition coefficient (Wildman–Crippen LogP) is 5.46. The van der Waals surface area contributed by atoms with Gasteiger partial charge in [-0.2, -0.15) is 5.10 Å². The fraction of sp³-hybridized carbons (Fsp3) is 0.520. The van der Waals surface area contributed by atoms with Gasteiger partial charge in [0.15, 0.2) is 0 Å². The van der Waals surface area contributed by atoms with E-state index in [9.17, 15) is 4.79 Å². The van der Waals surface area contributed by atoms with Gasteiger partial charge in [0.25, 0.3) is 0 Å². The van der Waals surface area contributed by atoms with Gasteiger partial charge in [-0.05, 0) is 58.6 Å². The van der Waals surface area contributed by atoms with Crippen molar-refractivity contribution < 1.29 is 9.53 Å². The number of unbranched alkanes of at least 4 members (excludes halogenated alkanes) is 3. The van der Waals surface area contributed by atoms with E-state index in [2.05, 4.69) is 21.2 Å². The molecular weight excluding hydrogens is 402 g/mol. The minimum atomic E-state index is -0.454. The van der Waals surface area contributed by atoms with Crippen LogP contribution >= 0.6 is 0 Å². The van der Waals surface area contributed by atoms with Crippen LogP contribution in [0.25, 0.3) is 22.3 Å². The molecule has 1 aliphatic rings. The summed E-state index contributed by atoms with van der Waals surface area (Å²) in [4.78, 5) is 21.1. The standard InChI is InChI=1S/C25H33N5O2/c1-25(2,3)32-24(31)26-14-8-4-5-9-15-30-17-19(23(29-30)18-12-13-18)22-16-27-20-10-6-7-11-21(20)28-22/h6-7,10-11,16-18H,4-5,8-9,12-15H2,1-3H3,(H,26,31). The van der Waals surface area contributed by atoms with Gasteiger partial charge in [-0.1, -0.05) is 25.0 Å². The Hall–Kier alpha value is -2.96. The molecule has 7 heteroatoms. The van der Waals surface area contributed by atoms with Crippen molar-refractivity contribution in [2.45, 2.75) is 77.4 Å². The molecule has 1 fully saturated rings. The first-order valence-electron chi connectivity index (χ1n) is 11.7. The Labute approximate surface area is 189 Å². The first kappa shape index (κ1) is 22.2. The fourth-order valence-electron chi connectivity index (χ4n) is 3.75. The van der Waals surface area contributed by atoms with Gasteiger partial charge >= 0.3 is 6.09 Å². The number of nitrogens with zero attached hydrogens (tertiary/aromatic N) is 4. The number of amides is 1. The second-order valence-electron chi connectivity index (χ2n) is 9.55. The number of carbonyl (C=O) groups is 1. The van der Waals surface area contributed by atoms with Gasteiger partial charge in [-0.15, -0.1) is 0 Å². The second kappa shape index (κ2) is 9.67. The maximum absolute atomic E-state index is 11.7. The number of aryl methyl sites for hydroxylation is 1. The lowest BCUT2D eigenvalue weighted by molar-refractivity contribution is 0.0527. The number of ether oxygens (including phenoxy) is 1. The predicted molar refractivity (Wildman–Crippen MR) is 125 cm³/mol. The number of hydrogen-bond donors (Lipinski definition) is 1. The van der Waals surface area contributed by atoms with Crippen LogP contribution in [-0.2, 0) is 11.3 Å². The third kappa shape index (κ3) is 6.05. The van der Waals surface area contributed by atoms with E-state index in [4.69, 9.17) is 14.8 Å². The highest BCUT2D eigenvalue weighted by molar-refractivity contribution is 5.77. The van der Waals surface area contributed by atoms with Gasteiger partial charge < -0.3 is 10.1 Å². The number of carbonyl (C=O) groups excluding carboxylic acids is 1. The van der Waals surface area contributed by atoms with Gasteiger partial charge in [-0.25, -0.2) is 9.78 Å². The largest absolute Gasteiger partial charge is 0.444 e. The van der Waals surface area contributed by atoms with Crippen LogP contribution in [0.5, 0.6) is 0 Å². The molecule has 2 heterocycles. The third-order valence-corrected chi connectivity index (χ3v) is 5.46. The van der Waals surface area contributed by atoms with Gasteiger partial charge in [0.2, 0.25) is 0 Å². The highest BCUT2D eigenvalue weighted by Gasteiger charge is 2.30. The summed E-state index contributed by atoms with van der Waals surface area (Å²) in [5, 5.41) is 7.71. The molecule has 0 unspecified atom stereocenters. The summed E-state index contributed by atoms with van der Waals surface area (Å²) in [5.74, 6) is 0.554. The topological polar surface area (TPSA) is 81.9 Å². The number of nitrogens with one attached hydrogen (secondary N) is 1. The average Bonchev–Trinajstić information content (AvgIpc) is 3.51. The summed E-state index contributed by atoms with van der Waals surface area (Å²) >= 11 is 0. The lowest BCUT2D eigenvalue weighted by atomic mass is 10.1. The number of alkyl carbamates (subject to hydrolysis) is 1. The third-order valence-electron chi connectivity index (χ3n) is 5.46. The van der Waals surface area contributed by atoms with Gasteiger partial charge in [0.1, 0.15) is 5.60 Å². The Morgan fingerprint density at radius 3 is 2.62 bits per heavy atom. The molecule has 0 radical (unpaired) electrons. The summed E-state index contributed by atoms with van der Waals surface area (Å²) < 4.78 is 7.32. The van der Waals surface area contributed by atoms with Crippen LogP contribution in [0.3, 0.4) is 0 Å². The van der Waals surface area contributed by atoms with Crippen LogP contribution in [0.15, 0.2) is 36.7 Å². The molecule has 32 heavy (non-hydrogen) atoms. The number of aromatic nitrogens is 4. The van der Waals surface area contributed by atoms with Crippen molar-refractivity contribution in [3.63, 3.8) is 0 Å². The molecule has 1 aliphatic carbocycles. The SMILES string of the molecule is CC(C)(C)OC(=O)NCCCCCCn1cc(-c2cnc3ccccc3n2)c(C2CC2)n1. The first-order valence-corrected chi connectivity index (χ1v) is 11.7. The molecule has 2 aromatic heterocycles. The summed E-state index contributed by atoms with van der Waals surface area (Å²) in [6, 6.07) is 7.97. The lowest BCUT2D eigenvalue weighted by Crippen LogP contribution is -2.32. The highest BCUT2D eigenvalue weighted by atomic mass is 16.6. The van der Waals surface area contributed by atoms with Gasteiger partial charge in [0, 0.05) is 30.8 Å². The normalized spacial score (nSPS) is 14.0. The van der Waals surface area contributed by atoms with Crippen molar-refractivity contribution in [1.82, 2.24) is 25.1 Å². The molecule has 170 valence electrons. The second-order valence-corrected chi connectivity index (χ2v) is 9.55. The zero-order valence-corrected chi connectivity index (χ0v) is 19.3. The fourth-order valence-corrected chi connectivity index (χ4v) is 3.75. The Kier molecular flexibility index (Phi) is 6.72. The Morgan fingerprint density at radius 1 is 1.12 bits per heavy atom. The molecule has 3 aromatic rings. The van der Waals surface area contributed by atoms with E-state index in [-0.39, 0.29) is 6.09 Å². The van der Waals surface area contributed by atoms with E-state index >= 15 is 0 Å². The van der Waals surface area contributed by atoms with Crippen molar-refractivity contribution >= 4 is 17.1 Å². The van der Waals surface area contributed by atoms with Crippen molar-refractivity contribution in [1.29, 1.82) is 0 Å². The summed E-state index contributed by atoms with van der Waals surface area (Å²) in [7, 11) is 0. The zero-order valence-electron chi connectivity index (χ0n) is 19.3. The van der Waals surface area contributed by atoms with E-state index in [1.54, 1.807) is 0 Å². The Bertz CT molecular complexity index is 1070. The van der Waals surface area contributed by atoms with E-state index < -0.39 is 5.60 Å². The summed E-state index contributed by atoms with van der Waals surface area (Å²) in [6.07, 6.45) is 10.2. The van der Waals surface area contributed by atoms with Gasteiger partial charge in [0.05, 0.1) is 28.6 Å². The number of hydrogen-bond acceptors (Lipinski definition) is 5. The molecule has 1 N–H and O–H groups in total. The zero-order chi connectivity index (χ0) is 22.6. The summed E-state index contributed by atoms with van der Waals surface area (Å²) in [6.45, 7) is 7.14. The van der Waals surface area contributed by atoms with E-state index in [0.717, 1.165) is 60.2 Å². The molecule has 7 nitrogen and oxygen atoms in total. The molecule has 4 rings (SSSR count). The quantitative estimate of drug-likeness (QED) is 0.452. The van der Waals surface area contributed by atoms with Crippen LogP contribution in [0.2, 0.25) is 0 Å². The smallest absolute Gasteiger partial charge is 0.407 e. The van der Waals surface area contributed by atoms with E-state index in [1.165, 1.54) is 12.8 Å². The maximum atomic E-state index is 11.7. The Morgan fingerprint density at radius 2 is 1.88 bits per heavy atom. The van der Waals surface area contributed by atoms with E-state index in [1.807, 2.05) is 51.2 Å².